The second-order valence-corrected chi connectivity index (χ2v) is 5.02. The zero-order valence-corrected chi connectivity index (χ0v) is 11.3. The lowest BCUT2D eigenvalue weighted by molar-refractivity contribution is 0.0410. The van der Waals surface area contributed by atoms with Crippen molar-refractivity contribution in [1.82, 2.24) is 5.32 Å². The molecule has 0 fully saturated rings. The second-order valence-electron chi connectivity index (χ2n) is 3.99. The lowest BCUT2D eigenvalue weighted by Crippen LogP contribution is -2.26. The van der Waals surface area contributed by atoms with Gasteiger partial charge in [-0.1, -0.05) is 12.1 Å². The van der Waals surface area contributed by atoms with Crippen molar-refractivity contribution in [2.75, 3.05) is 20.2 Å². The van der Waals surface area contributed by atoms with E-state index in [-0.39, 0.29) is 11.9 Å². The molecule has 0 aromatic heterocycles. The summed E-state index contributed by atoms with van der Waals surface area (Å²) >= 11 is 0. The third kappa shape index (κ3) is 5.78. The van der Waals surface area contributed by atoms with Gasteiger partial charge in [-0.3, -0.25) is 0 Å². The summed E-state index contributed by atoms with van der Waals surface area (Å²) in [5.74, 6) is -0.151. The first-order valence-corrected chi connectivity index (χ1v) is 7.21. The van der Waals surface area contributed by atoms with E-state index < -0.39 is 7.82 Å². The number of halogens is 1. The van der Waals surface area contributed by atoms with E-state index in [1.54, 1.807) is 6.07 Å². The highest BCUT2D eigenvalue weighted by Gasteiger charge is 2.23. The normalized spacial score (nSPS) is 18.3. The van der Waals surface area contributed by atoms with Crippen LogP contribution >= 0.6 is 7.82 Å². The Balaban J connectivity index is 0.000000312. The first kappa shape index (κ1) is 16.2. The van der Waals surface area contributed by atoms with E-state index in [0.717, 1.165) is 17.5 Å². The fourth-order valence-corrected chi connectivity index (χ4v) is 1.90. The minimum Gasteiger partial charge on any atom is -0.372 e. The zero-order valence-electron chi connectivity index (χ0n) is 10.4. The third-order valence-electron chi connectivity index (χ3n) is 2.55. The van der Waals surface area contributed by atoms with Crippen molar-refractivity contribution in [3.8, 4) is 0 Å². The lowest BCUT2D eigenvalue weighted by Gasteiger charge is -2.26. The highest BCUT2D eigenvalue weighted by Crippen LogP contribution is 2.28. The smallest absolute Gasteiger partial charge is 0.372 e. The van der Waals surface area contributed by atoms with Crippen LogP contribution in [0.5, 0.6) is 0 Å². The quantitative estimate of drug-likeness (QED) is 0.600. The van der Waals surface area contributed by atoms with Gasteiger partial charge in [0.15, 0.2) is 0 Å². The van der Waals surface area contributed by atoms with Gasteiger partial charge in [0.2, 0.25) is 0 Å². The van der Waals surface area contributed by atoms with Gasteiger partial charge < -0.3 is 24.7 Å². The Kier molecular flexibility index (Phi) is 6.06. The van der Waals surface area contributed by atoms with Crippen LogP contribution in [0.4, 0.5) is 4.39 Å². The van der Waals surface area contributed by atoms with Crippen LogP contribution in [0.2, 0.25) is 0 Å². The van der Waals surface area contributed by atoms with Gasteiger partial charge in [-0.25, -0.2) is 8.96 Å². The molecule has 19 heavy (non-hydrogen) atoms. The van der Waals surface area contributed by atoms with E-state index in [4.69, 9.17) is 24.0 Å². The van der Waals surface area contributed by atoms with Crippen molar-refractivity contribution >= 4 is 7.82 Å². The molecule has 1 aliphatic rings. The number of nitrogens with one attached hydrogen (secondary N) is 1. The molecule has 6 nitrogen and oxygen atoms in total. The summed E-state index contributed by atoms with van der Waals surface area (Å²) < 4.78 is 27.9. The molecule has 2 rings (SSSR count). The summed E-state index contributed by atoms with van der Waals surface area (Å²) in [6.45, 7) is 1.34. The van der Waals surface area contributed by atoms with E-state index in [2.05, 4.69) is 5.32 Å². The van der Waals surface area contributed by atoms with E-state index in [9.17, 15) is 4.39 Å². The molecule has 4 N–H and O–H groups in total. The summed E-state index contributed by atoms with van der Waals surface area (Å²) in [7, 11) is -2.79. The third-order valence-corrected chi connectivity index (χ3v) is 2.55. The number of rotatable bonds is 2. The van der Waals surface area contributed by atoms with Gasteiger partial charge >= 0.3 is 7.82 Å². The van der Waals surface area contributed by atoms with Crippen LogP contribution in [0, 0.1) is 5.82 Å². The van der Waals surface area contributed by atoms with E-state index in [1.807, 2.05) is 13.1 Å². The number of hydrogen-bond acceptors (Lipinski definition) is 3. The van der Waals surface area contributed by atoms with Crippen molar-refractivity contribution in [3.05, 3.63) is 35.1 Å². The molecule has 108 valence electrons. The van der Waals surface area contributed by atoms with Gasteiger partial charge in [0.25, 0.3) is 0 Å². The molecule has 1 aromatic rings. The first-order chi connectivity index (χ1) is 8.83. The number of phosphoric acid groups is 1. The molecule has 1 heterocycles. The average molecular weight is 293 g/mol. The van der Waals surface area contributed by atoms with Gasteiger partial charge in [-0.05, 0) is 25.1 Å². The fraction of sp³-hybridized carbons (Fsp3) is 0.455. The Morgan fingerprint density at radius 3 is 2.68 bits per heavy atom. The van der Waals surface area contributed by atoms with Gasteiger partial charge in [0, 0.05) is 12.1 Å². The predicted molar refractivity (Wildman–Crippen MR) is 67.0 cm³/mol. The van der Waals surface area contributed by atoms with Gasteiger partial charge in [-0.15, -0.1) is 0 Å². The number of likely N-dealkylation sites (N-methyl/N-ethyl adjacent to an activating group) is 1. The predicted octanol–water partition coefficient (Wildman–Crippen LogP) is 0.730. The van der Waals surface area contributed by atoms with Crippen molar-refractivity contribution in [1.29, 1.82) is 0 Å². The van der Waals surface area contributed by atoms with Crippen LogP contribution in [-0.4, -0.2) is 34.9 Å². The second kappa shape index (κ2) is 7.09. The Labute approximate surface area is 110 Å². The Morgan fingerprint density at radius 2 is 2.11 bits per heavy atom. The van der Waals surface area contributed by atoms with Gasteiger partial charge in [0.1, 0.15) is 5.82 Å². The summed E-state index contributed by atoms with van der Waals surface area (Å²) in [5.41, 5.74) is 1.81. The van der Waals surface area contributed by atoms with Crippen molar-refractivity contribution in [2.24, 2.45) is 0 Å². The highest BCUT2D eigenvalue weighted by atomic mass is 31.2. The lowest BCUT2D eigenvalue weighted by atomic mass is 9.97. The molecule has 1 aliphatic heterocycles. The molecule has 0 bridgehead atoms. The standard InChI is InChI=1S/C11H14FNO.H3O4P/c1-13-7-10-11-8(5-6-14-10)3-2-4-9(11)12;1-5(2,3)4/h2-4,10,13H,5-7H2,1H3;(H3,1,2,3,4). The Bertz CT molecular complexity index is 456. The summed E-state index contributed by atoms with van der Waals surface area (Å²) in [5, 5.41) is 3.01. The molecule has 0 aliphatic carbocycles. The first-order valence-electron chi connectivity index (χ1n) is 5.64. The zero-order chi connectivity index (χ0) is 14.5. The molecule has 8 heteroatoms. The fourth-order valence-electron chi connectivity index (χ4n) is 1.90. The van der Waals surface area contributed by atoms with E-state index >= 15 is 0 Å². The van der Waals surface area contributed by atoms with Crippen LogP contribution in [-0.2, 0) is 15.7 Å². The minimum absolute atomic E-state index is 0.134. The topological polar surface area (TPSA) is 99.0 Å². The number of fused-ring (bicyclic) bond motifs is 1. The molecule has 0 amide bonds. The number of ether oxygens (including phenoxy) is 1. The Hall–Kier alpha value is -0.820. The summed E-state index contributed by atoms with van der Waals surface area (Å²) in [6, 6.07) is 5.23. The highest BCUT2D eigenvalue weighted by molar-refractivity contribution is 7.45. The molecule has 1 atom stereocenters. The molecule has 1 aromatic carbocycles. The average Bonchev–Trinajstić information content (AvgIpc) is 2.27. The van der Waals surface area contributed by atoms with Crippen LogP contribution in [0.15, 0.2) is 18.2 Å². The maximum Gasteiger partial charge on any atom is 0.466 e. The minimum atomic E-state index is -4.64. The number of benzene rings is 1. The number of hydrogen-bond donors (Lipinski definition) is 4. The van der Waals surface area contributed by atoms with Crippen molar-refractivity contribution < 1.29 is 28.4 Å². The van der Waals surface area contributed by atoms with Crippen LogP contribution < -0.4 is 5.32 Å². The molecular weight excluding hydrogens is 276 g/mol. The van der Waals surface area contributed by atoms with Crippen LogP contribution in [0.1, 0.15) is 17.2 Å². The van der Waals surface area contributed by atoms with E-state index in [0.29, 0.717) is 13.2 Å². The molecular formula is C11H17FNO5P. The molecule has 0 spiro atoms. The largest absolute Gasteiger partial charge is 0.466 e. The molecule has 0 saturated carbocycles. The monoisotopic (exact) mass is 293 g/mol. The van der Waals surface area contributed by atoms with Crippen LogP contribution in [0.3, 0.4) is 0 Å². The summed E-state index contributed by atoms with van der Waals surface area (Å²) in [6.07, 6.45) is 0.678. The molecule has 1 unspecified atom stereocenters. The van der Waals surface area contributed by atoms with Crippen LogP contribution in [0.25, 0.3) is 0 Å². The molecule has 0 radical (unpaired) electrons. The summed E-state index contributed by atoms with van der Waals surface area (Å²) in [4.78, 5) is 21.6. The van der Waals surface area contributed by atoms with Gasteiger partial charge in [0.05, 0.1) is 12.7 Å². The Morgan fingerprint density at radius 1 is 1.47 bits per heavy atom. The maximum absolute atomic E-state index is 13.5. The van der Waals surface area contributed by atoms with Crippen molar-refractivity contribution in [2.45, 2.75) is 12.5 Å². The van der Waals surface area contributed by atoms with Crippen molar-refractivity contribution in [3.63, 3.8) is 0 Å². The maximum atomic E-state index is 13.5. The molecule has 0 saturated heterocycles. The SMILES string of the molecule is CNCC1OCCc2cccc(F)c21.O=P(O)(O)O. The van der Waals surface area contributed by atoms with Gasteiger partial charge in [-0.2, -0.15) is 0 Å². The van der Waals surface area contributed by atoms with E-state index in [1.165, 1.54) is 6.07 Å².